The van der Waals surface area contributed by atoms with E-state index < -0.39 is 5.82 Å². The van der Waals surface area contributed by atoms with Crippen molar-refractivity contribution in [3.8, 4) is 17.5 Å². The van der Waals surface area contributed by atoms with Crippen LogP contribution in [0, 0.1) is 17.1 Å². The summed E-state index contributed by atoms with van der Waals surface area (Å²) in [6.45, 7) is 0. The molecule has 2 aromatic carbocycles. The summed E-state index contributed by atoms with van der Waals surface area (Å²) in [7, 11) is 0. The molecule has 0 fully saturated rings. The Hall–Kier alpha value is -3.56. The lowest BCUT2D eigenvalue weighted by atomic mass is 10.1. The van der Waals surface area contributed by atoms with Gasteiger partial charge in [-0.1, -0.05) is 17.7 Å². The Morgan fingerprint density at radius 3 is 2.70 bits per heavy atom. The molecule has 0 unspecified atom stereocenters. The molecule has 0 aliphatic carbocycles. The van der Waals surface area contributed by atoms with Crippen LogP contribution in [0.4, 0.5) is 15.9 Å². The Morgan fingerprint density at radius 1 is 1.07 bits per heavy atom. The topological polar surface area (TPSA) is 74.5 Å². The summed E-state index contributed by atoms with van der Waals surface area (Å²) in [5, 5.41) is 13.2. The van der Waals surface area contributed by atoms with E-state index in [-0.39, 0.29) is 5.02 Å². The summed E-state index contributed by atoms with van der Waals surface area (Å²) < 4.78 is 13.5. The number of rotatable bonds is 3. The molecule has 0 radical (unpaired) electrons. The van der Waals surface area contributed by atoms with E-state index in [9.17, 15) is 9.65 Å². The van der Waals surface area contributed by atoms with Crippen LogP contribution in [0.2, 0.25) is 5.02 Å². The summed E-state index contributed by atoms with van der Waals surface area (Å²) in [6.07, 6.45) is 3.33. The number of pyridine rings is 1. The number of nitrogens with one attached hydrogen (secondary N) is 1. The molecule has 0 amide bonds. The van der Waals surface area contributed by atoms with Crippen molar-refractivity contribution < 1.29 is 4.39 Å². The lowest BCUT2D eigenvalue weighted by Gasteiger charge is -2.12. The smallest absolute Gasteiger partial charge is 0.163 e. The number of fused-ring (bicyclic) bond motifs is 1. The fourth-order valence-corrected chi connectivity index (χ4v) is 2.88. The highest BCUT2D eigenvalue weighted by Crippen LogP contribution is 2.30. The predicted octanol–water partition coefficient (Wildman–Crippen LogP) is 5.10. The first-order valence-electron chi connectivity index (χ1n) is 7.99. The zero-order chi connectivity index (χ0) is 18.8. The summed E-state index contributed by atoms with van der Waals surface area (Å²) in [5.41, 5.74) is 2.33. The second-order valence-corrected chi connectivity index (χ2v) is 6.11. The Morgan fingerprint density at radius 2 is 1.96 bits per heavy atom. The normalized spacial score (nSPS) is 10.6. The predicted molar refractivity (Wildman–Crippen MR) is 102 cm³/mol. The second-order valence-electron chi connectivity index (χ2n) is 5.70. The average molecular weight is 376 g/mol. The van der Waals surface area contributed by atoms with Crippen LogP contribution in [-0.2, 0) is 0 Å². The van der Waals surface area contributed by atoms with Gasteiger partial charge in [-0.3, -0.25) is 4.98 Å². The van der Waals surface area contributed by atoms with Gasteiger partial charge in [-0.25, -0.2) is 14.4 Å². The van der Waals surface area contributed by atoms with Crippen LogP contribution in [-0.4, -0.2) is 15.0 Å². The summed E-state index contributed by atoms with van der Waals surface area (Å²) in [6, 6.07) is 15.3. The molecule has 7 heteroatoms. The number of halogens is 2. The van der Waals surface area contributed by atoms with Gasteiger partial charge in [-0.2, -0.15) is 5.26 Å². The molecule has 4 aromatic rings. The summed E-state index contributed by atoms with van der Waals surface area (Å²) >= 11 is 5.88. The molecule has 0 aliphatic rings. The highest BCUT2D eigenvalue weighted by atomic mass is 35.5. The molecule has 1 N–H and O–H groups in total. The lowest BCUT2D eigenvalue weighted by molar-refractivity contribution is 0.628. The summed E-state index contributed by atoms with van der Waals surface area (Å²) in [5.74, 6) is 0.378. The van der Waals surface area contributed by atoms with Crippen molar-refractivity contribution in [3.63, 3.8) is 0 Å². The van der Waals surface area contributed by atoms with Gasteiger partial charge in [0, 0.05) is 23.6 Å². The van der Waals surface area contributed by atoms with Crippen LogP contribution in [0.25, 0.3) is 22.3 Å². The quantitative estimate of drug-likeness (QED) is 0.539. The maximum atomic E-state index is 13.5. The molecule has 2 heterocycles. The zero-order valence-electron chi connectivity index (χ0n) is 13.8. The first-order valence-corrected chi connectivity index (χ1v) is 8.37. The van der Waals surface area contributed by atoms with Gasteiger partial charge >= 0.3 is 0 Å². The van der Waals surface area contributed by atoms with E-state index in [4.69, 9.17) is 11.6 Å². The molecular weight excluding hydrogens is 365 g/mol. The van der Waals surface area contributed by atoms with E-state index in [1.807, 2.05) is 6.07 Å². The Labute approximate surface area is 159 Å². The van der Waals surface area contributed by atoms with Gasteiger partial charge in [0.2, 0.25) is 0 Å². The van der Waals surface area contributed by atoms with E-state index in [2.05, 4.69) is 26.3 Å². The van der Waals surface area contributed by atoms with Crippen molar-refractivity contribution in [2.45, 2.75) is 0 Å². The molecule has 0 saturated heterocycles. The largest absolute Gasteiger partial charge is 0.340 e. The Bertz CT molecular complexity index is 1190. The molecule has 5 nitrogen and oxygen atoms in total. The first-order chi connectivity index (χ1) is 13.2. The average Bonchev–Trinajstić information content (AvgIpc) is 2.70. The number of anilines is 2. The van der Waals surface area contributed by atoms with E-state index in [0.717, 1.165) is 5.56 Å². The Balaban J connectivity index is 1.93. The number of aromatic nitrogens is 3. The van der Waals surface area contributed by atoms with Gasteiger partial charge < -0.3 is 5.32 Å². The molecule has 0 atom stereocenters. The molecular formula is C20H11ClFN5. The zero-order valence-corrected chi connectivity index (χ0v) is 14.6. The lowest BCUT2D eigenvalue weighted by Crippen LogP contribution is -2.01. The standard InChI is InChI=1S/C20H11ClFN5/c21-15-9-14(6-7-16(15)22)25-20-18-12(10-23)3-1-5-17(18)26-19(27-20)13-4-2-8-24-11-13/h1-9,11H,(H,25,26,27). The highest BCUT2D eigenvalue weighted by Gasteiger charge is 2.14. The van der Waals surface area contributed by atoms with Crippen molar-refractivity contribution in [1.29, 1.82) is 5.26 Å². The van der Waals surface area contributed by atoms with E-state index >= 15 is 0 Å². The second kappa shape index (κ2) is 6.98. The molecule has 2 aromatic heterocycles. The van der Waals surface area contributed by atoms with Gasteiger partial charge in [-0.05, 0) is 42.5 Å². The monoisotopic (exact) mass is 375 g/mol. The fraction of sp³-hybridized carbons (Fsp3) is 0. The number of nitriles is 1. The van der Waals surface area contributed by atoms with Crippen LogP contribution >= 0.6 is 11.6 Å². The molecule has 4 rings (SSSR count). The van der Waals surface area contributed by atoms with Crippen LogP contribution in [0.5, 0.6) is 0 Å². The highest BCUT2D eigenvalue weighted by molar-refractivity contribution is 6.31. The van der Waals surface area contributed by atoms with Gasteiger partial charge in [0.05, 0.1) is 27.6 Å². The Kier molecular flexibility index (Phi) is 4.37. The van der Waals surface area contributed by atoms with Crippen LogP contribution in [0.1, 0.15) is 5.56 Å². The SMILES string of the molecule is N#Cc1cccc2nc(-c3cccnc3)nc(Nc3ccc(F)c(Cl)c3)c12. The first kappa shape index (κ1) is 16.9. The number of hydrogen-bond acceptors (Lipinski definition) is 5. The molecule has 130 valence electrons. The van der Waals surface area contributed by atoms with Gasteiger partial charge in [0.25, 0.3) is 0 Å². The third kappa shape index (κ3) is 3.28. The van der Waals surface area contributed by atoms with Crippen LogP contribution in [0.3, 0.4) is 0 Å². The minimum atomic E-state index is -0.511. The number of benzene rings is 2. The van der Waals surface area contributed by atoms with Crippen molar-refractivity contribution in [1.82, 2.24) is 15.0 Å². The van der Waals surface area contributed by atoms with Gasteiger partial charge in [0.1, 0.15) is 11.6 Å². The van der Waals surface area contributed by atoms with Gasteiger partial charge in [0.15, 0.2) is 5.82 Å². The van der Waals surface area contributed by atoms with E-state index in [0.29, 0.717) is 33.8 Å². The third-order valence-electron chi connectivity index (χ3n) is 3.95. The van der Waals surface area contributed by atoms with Crippen LogP contribution in [0.15, 0.2) is 60.9 Å². The molecule has 0 aliphatic heterocycles. The van der Waals surface area contributed by atoms with Gasteiger partial charge in [-0.15, -0.1) is 0 Å². The van der Waals surface area contributed by atoms with Crippen molar-refractivity contribution in [3.05, 3.63) is 77.3 Å². The van der Waals surface area contributed by atoms with Crippen LogP contribution < -0.4 is 5.32 Å². The third-order valence-corrected chi connectivity index (χ3v) is 4.24. The number of hydrogen-bond donors (Lipinski definition) is 1. The minimum absolute atomic E-state index is 0.00801. The maximum Gasteiger partial charge on any atom is 0.163 e. The van der Waals surface area contributed by atoms with Crippen molar-refractivity contribution >= 4 is 34.0 Å². The van der Waals surface area contributed by atoms with E-state index in [1.54, 1.807) is 42.7 Å². The minimum Gasteiger partial charge on any atom is -0.340 e. The molecule has 0 bridgehead atoms. The molecule has 0 saturated carbocycles. The fourth-order valence-electron chi connectivity index (χ4n) is 2.70. The summed E-state index contributed by atoms with van der Waals surface area (Å²) in [4.78, 5) is 13.2. The van der Waals surface area contributed by atoms with Crippen molar-refractivity contribution in [2.24, 2.45) is 0 Å². The maximum absolute atomic E-state index is 13.5. The van der Waals surface area contributed by atoms with Crippen molar-refractivity contribution in [2.75, 3.05) is 5.32 Å². The molecule has 0 spiro atoms. The molecule has 27 heavy (non-hydrogen) atoms. The number of nitrogens with zero attached hydrogens (tertiary/aromatic N) is 4. The van der Waals surface area contributed by atoms with E-state index in [1.165, 1.54) is 12.1 Å².